The molecule has 20 heavy (non-hydrogen) atoms. The van der Waals surface area contributed by atoms with Crippen LogP contribution in [0.2, 0.25) is 0 Å². The molecule has 4 nitrogen and oxygen atoms in total. The topological polar surface area (TPSA) is 72.3 Å². The lowest BCUT2D eigenvalue weighted by atomic mass is 9.88. The van der Waals surface area contributed by atoms with Crippen molar-refractivity contribution in [2.45, 2.75) is 32.2 Å². The van der Waals surface area contributed by atoms with Crippen molar-refractivity contribution in [1.82, 2.24) is 0 Å². The fourth-order valence-electron chi connectivity index (χ4n) is 2.94. The van der Waals surface area contributed by atoms with E-state index >= 15 is 0 Å². The largest absolute Gasteiger partial charge is 0.366 e. The van der Waals surface area contributed by atoms with Gasteiger partial charge in [-0.05, 0) is 52.9 Å². The normalized spacial score (nSPS) is 22.9. The Hall–Kier alpha value is -1.07. The van der Waals surface area contributed by atoms with Crippen molar-refractivity contribution in [1.29, 1.82) is 0 Å². The van der Waals surface area contributed by atoms with Gasteiger partial charge in [0.05, 0.1) is 5.69 Å². The van der Waals surface area contributed by atoms with Crippen molar-refractivity contribution in [2.24, 2.45) is 17.4 Å². The molecule has 1 saturated heterocycles. The number of rotatable bonds is 4. The van der Waals surface area contributed by atoms with Crippen LogP contribution in [-0.2, 0) is 0 Å². The highest BCUT2D eigenvalue weighted by Crippen LogP contribution is 2.34. The van der Waals surface area contributed by atoms with Gasteiger partial charge in [-0.2, -0.15) is 0 Å². The van der Waals surface area contributed by atoms with Gasteiger partial charge in [0.1, 0.15) is 0 Å². The van der Waals surface area contributed by atoms with E-state index < -0.39 is 5.91 Å². The van der Waals surface area contributed by atoms with Crippen LogP contribution >= 0.6 is 15.9 Å². The molecule has 2 rings (SSSR count). The summed E-state index contributed by atoms with van der Waals surface area (Å²) in [5.41, 5.74) is 12.9. The van der Waals surface area contributed by atoms with Gasteiger partial charge in [0, 0.05) is 29.2 Å². The van der Waals surface area contributed by atoms with Crippen molar-refractivity contribution in [3.63, 3.8) is 0 Å². The third-order valence-corrected chi connectivity index (χ3v) is 4.85. The van der Waals surface area contributed by atoms with Gasteiger partial charge in [0.25, 0.3) is 0 Å². The number of hydrogen-bond acceptors (Lipinski definition) is 3. The minimum atomic E-state index is -0.405. The van der Waals surface area contributed by atoms with Gasteiger partial charge >= 0.3 is 0 Å². The lowest BCUT2D eigenvalue weighted by Gasteiger charge is -2.41. The average molecular weight is 340 g/mol. The van der Waals surface area contributed by atoms with Crippen LogP contribution in [0.25, 0.3) is 0 Å². The van der Waals surface area contributed by atoms with Crippen LogP contribution in [0, 0.1) is 5.92 Å². The maximum absolute atomic E-state index is 11.2. The minimum Gasteiger partial charge on any atom is -0.366 e. The molecule has 1 aromatic carbocycles. The first-order chi connectivity index (χ1) is 9.56. The Morgan fingerprint density at radius 1 is 1.50 bits per heavy atom. The molecular weight excluding hydrogens is 318 g/mol. The van der Waals surface area contributed by atoms with Gasteiger partial charge in [0.15, 0.2) is 0 Å². The Labute approximate surface area is 128 Å². The first-order valence-electron chi connectivity index (χ1n) is 7.12. The van der Waals surface area contributed by atoms with Crippen LogP contribution in [0.3, 0.4) is 0 Å². The summed E-state index contributed by atoms with van der Waals surface area (Å²) in [4.78, 5) is 13.6. The Balaban J connectivity index is 2.24. The number of carbonyl (C=O) groups is 1. The lowest BCUT2D eigenvalue weighted by molar-refractivity contribution is 0.100. The zero-order valence-electron chi connectivity index (χ0n) is 11.8. The molecule has 0 bridgehead atoms. The van der Waals surface area contributed by atoms with Crippen molar-refractivity contribution >= 4 is 27.5 Å². The Morgan fingerprint density at radius 3 is 2.80 bits per heavy atom. The maximum atomic E-state index is 11.2. The summed E-state index contributed by atoms with van der Waals surface area (Å²) < 4.78 is 0.905. The highest BCUT2D eigenvalue weighted by molar-refractivity contribution is 9.10. The molecule has 0 radical (unpaired) electrons. The zero-order valence-corrected chi connectivity index (χ0v) is 13.4. The number of halogens is 1. The number of benzene rings is 1. The number of piperidine rings is 1. The number of hydrogen-bond donors (Lipinski definition) is 2. The smallest absolute Gasteiger partial charge is 0.248 e. The van der Waals surface area contributed by atoms with E-state index in [1.165, 1.54) is 12.8 Å². The summed E-state index contributed by atoms with van der Waals surface area (Å²) in [6.45, 7) is 3.90. The summed E-state index contributed by atoms with van der Waals surface area (Å²) in [5, 5.41) is 0. The van der Waals surface area contributed by atoms with Crippen LogP contribution in [0.1, 0.15) is 36.5 Å². The standard InChI is InChI=1S/C15H22BrN3O/c1-2-10-5-6-19(12(7-10)9-17)14-4-3-11(15(18)20)8-13(14)16/h3-4,8,10,12H,2,5-7,9,17H2,1H3,(H2,18,20). The number of nitrogens with zero attached hydrogens (tertiary/aromatic N) is 1. The lowest BCUT2D eigenvalue weighted by Crippen LogP contribution is -2.46. The van der Waals surface area contributed by atoms with Gasteiger partial charge in [-0.15, -0.1) is 0 Å². The summed E-state index contributed by atoms with van der Waals surface area (Å²) in [6, 6.07) is 5.89. The quantitative estimate of drug-likeness (QED) is 0.885. The predicted molar refractivity (Wildman–Crippen MR) is 85.9 cm³/mol. The SMILES string of the molecule is CCC1CCN(c2ccc(C(N)=O)cc2Br)C(CN)C1. The molecule has 2 unspecified atom stereocenters. The zero-order chi connectivity index (χ0) is 14.7. The molecule has 1 aliphatic heterocycles. The Bertz CT molecular complexity index is 492. The van der Waals surface area contributed by atoms with E-state index in [1.807, 2.05) is 6.07 Å². The number of anilines is 1. The van der Waals surface area contributed by atoms with E-state index in [2.05, 4.69) is 27.8 Å². The fourth-order valence-corrected chi connectivity index (χ4v) is 3.55. The number of nitrogens with two attached hydrogens (primary N) is 2. The van der Waals surface area contributed by atoms with Crippen molar-refractivity contribution in [2.75, 3.05) is 18.0 Å². The van der Waals surface area contributed by atoms with Crippen LogP contribution in [0.5, 0.6) is 0 Å². The molecule has 1 amide bonds. The highest BCUT2D eigenvalue weighted by Gasteiger charge is 2.27. The monoisotopic (exact) mass is 339 g/mol. The molecular formula is C15H22BrN3O. The summed E-state index contributed by atoms with van der Waals surface area (Å²) in [7, 11) is 0. The van der Waals surface area contributed by atoms with Crippen molar-refractivity contribution in [3.8, 4) is 0 Å². The third kappa shape index (κ3) is 3.15. The molecule has 1 aromatic rings. The van der Waals surface area contributed by atoms with E-state index in [9.17, 15) is 4.79 Å². The van der Waals surface area contributed by atoms with Gasteiger partial charge in [-0.3, -0.25) is 4.79 Å². The molecule has 0 aliphatic carbocycles. The second-order valence-electron chi connectivity index (χ2n) is 5.41. The van der Waals surface area contributed by atoms with Crippen molar-refractivity contribution in [3.05, 3.63) is 28.2 Å². The van der Waals surface area contributed by atoms with Crippen molar-refractivity contribution < 1.29 is 4.79 Å². The average Bonchev–Trinajstić information content (AvgIpc) is 2.46. The Morgan fingerprint density at radius 2 is 2.25 bits per heavy atom. The molecule has 0 saturated carbocycles. The van der Waals surface area contributed by atoms with Gasteiger partial charge in [-0.1, -0.05) is 13.3 Å². The predicted octanol–water partition coefficient (Wildman–Crippen LogP) is 2.50. The summed E-state index contributed by atoms with van der Waals surface area (Å²) in [6.07, 6.45) is 3.54. The summed E-state index contributed by atoms with van der Waals surface area (Å²) in [5.74, 6) is 0.362. The maximum Gasteiger partial charge on any atom is 0.248 e. The van der Waals surface area contributed by atoms with E-state index in [0.29, 0.717) is 18.2 Å². The molecule has 5 heteroatoms. The van der Waals surface area contributed by atoms with E-state index in [1.54, 1.807) is 12.1 Å². The molecule has 4 N–H and O–H groups in total. The number of primary amides is 1. The molecule has 1 aliphatic rings. The second-order valence-corrected chi connectivity index (χ2v) is 6.27. The van der Waals surface area contributed by atoms with Crippen LogP contribution < -0.4 is 16.4 Å². The molecule has 0 spiro atoms. The Kier molecular flexibility index (Phi) is 5.05. The summed E-state index contributed by atoms with van der Waals surface area (Å²) >= 11 is 3.55. The first-order valence-corrected chi connectivity index (χ1v) is 7.92. The van der Waals surface area contributed by atoms with Crippen LogP contribution in [-0.4, -0.2) is 25.0 Å². The fraction of sp³-hybridized carbons (Fsp3) is 0.533. The van der Waals surface area contributed by atoms with Gasteiger partial charge in [0.2, 0.25) is 5.91 Å². The first kappa shape index (κ1) is 15.3. The number of amides is 1. The van der Waals surface area contributed by atoms with E-state index in [-0.39, 0.29) is 0 Å². The van der Waals surface area contributed by atoms with Crippen LogP contribution in [0.15, 0.2) is 22.7 Å². The second kappa shape index (κ2) is 6.59. The molecule has 1 fully saturated rings. The van der Waals surface area contributed by atoms with Crippen LogP contribution in [0.4, 0.5) is 5.69 Å². The van der Waals surface area contributed by atoms with E-state index in [0.717, 1.165) is 29.0 Å². The van der Waals surface area contributed by atoms with Gasteiger partial charge in [-0.25, -0.2) is 0 Å². The molecule has 0 aromatic heterocycles. The van der Waals surface area contributed by atoms with Gasteiger partial charge < -0.3 is 16.4 Å². The molecule has 110 valence electrons. The molecule has 1 heterocycles. The minimum absolute atomic E-state index is 0.365. The number of carbonyl (C=O) groups excluding carboxylic acids is 1. The molecule has 2 atom stereocenters. The highest BCUT2D eigenvalue weighted by atomic mass is 79.9. The third-order valence-electron chi connectivity index (χ3n) is 4.22. The van der Waals surface area contributed by atoms with E-state index in [4.69, 9.17) is 11.5 Å².